The third kappa shape index (κ3) is 68.3. The Morgan fingerprint density at radius 3 is 1.01 bits per heavy atom. The van der Waals surface area contributed by atoms with E-state index in [2.05, 4.69) is 98.9 Å². The van der Waals surface area contributed by atoms with Gasteiger partial charge in [-0.15, -0.1) is 0 Å². The van der Waals surface area contributed by atoms with Crippen LogP contribution in [0, 0.1) is 0 Å². The van der Waals surface area contributed by atoms with E-state index in [0.717, 1.165) is 70.6 Å². The normalized spacial score (nSPS) is 13.6. The van der Waals surface area contributed by atoms with Crippen molar-refractivity contribution in [2.45, 2.75) is 328 Å². The van der Waals surface area contributed by atoms with E-state index in [1.54, 1.807) is 0 Å². The number of quaternary nitrogens is 1. The number of phosphoric acid groups is 1. The second kappa shape index (κ2) is 64.7. The molecular formula is C74H135NO8P+. The third-order valence-electron chi connectivity index (χ3n) is 15.4. The number of carbonyl (C=O) groups excluding carboxylic acids is 2. The molecule has 0 aromatic carbocycles. The molecule has 0 aliphatic carbocycles. The first kappa shape index (κ1) is 81.2. The molecular weight excluding hydrogens is 1060 g/mol. The SMILES string of the molecule is CC/C=C\C/C=C\C/C=C\C/C=C\C/C=C\CCCCCCCCCCCCCCCCCCCCCCCCCCCC(=O)OC(COC(=O)CCCCCCCCCCC/C=C\C/C=C\CCCCC)COP(=O)(O)OCC[N+](C)(C)C. The van der Waals surface area contributed by atoms with Gasteiger partial charge in [-0.2, -0.15) is 0 Å². The van der Waals surface area contributed by atoms with E-state index in [-0.39, 0.29) is 32.0 Å². The Labute approximate surface area is 520 Å². The van der Waals surface area contributed by atoms with Crippen molar-refractivity contribution in [3.05, 3.63) is 85.1 Å². The topological polar surface area (TPSA) is 108 Å². The molecule has 0 saturated carbocycles. The highest BCUT2D eigenvalue weighted by atomic mass is 31.2. The van der Waals surface area contributed by atoms with E-state index >= 15 is 0 Å². The first-order valence-corrected chi connectivity index (χ1v) is 36.8. The van der Waals surface area contributed by atoms with Gasteiger partial charge in [0.1, 0.15) is 19.8 Å². The number of phosphoric ester groups is 1. The van der Waals surface area contributed by atoms with Crippen LogP contribution in [0.15, 0.2) is 85.1 Å². The quantitative estimate of drug-likeness (QED) is 0.0211. The van der Waals surface area contributed by atoms with Crippen LogP contribution in [0.5, 0.6) is 0 Å². The molecule has 0 bridgehead atoms. The summed E-state index contributed by atoms with van der Waals surface area (Å²) < 4.78 is 34.7. The van der Waals surface area contributed by atoms with Crippen molar-refractivity contribution in [2.24, 2.45) is 0 Å². The van der Waals surface area contributed by atoms with Gasteiger partial charge in [-0.05, 0) is 89.9 Å². The zero-order chi connectivity index (χ0) is 61.2. The monoisotopic (exact) mass is 1200 g/mol. The summed E-state index contributed by atoms with van der Waals surface area (Å²) in [5, 5.41) is 0. The fraction of sp³-hybridized carbons (Fsp3) is 0.784. The van der Waals surface area contributed by atoms with Crippen LogP contribution in [0.2, 0.25) is 0 Å². The summed E-state index contributed by atoms with van der Waals surface area (Å²) in [7, 11) is 1.48. The summed E-state index contributed by atoms with van der Waals surface area (Å²) in [6.45, 7) is 4.33. The second-order valence-corrected chi connectivity index (χ2v) is 26.3. The van der Waals surface area contributed by atoms with Crippen molar-refractivity contribution in [2.75, 3.05) is 47.5 Å². The highest BCUT2D eigenvalue weighted by molar-refractivity contribution is 7.47. The van der Waals surface area contributed by atoms with Gasteiger partial charge < -0.3 is 18.9 Å². The minimum atomic E-state index is -4.39. The molecule has 0 saturated heterocycles. The lowest BCUT2D eigenvalue weighted by atomic mass is 10.0. The maximum Gasteiger partial charge on any atom is 0.472 e. The van der Waals surface area contributed by atoms with Crippen molar-refractivity contribution in [1.29, 1.82) is 0 Å². The summed E-state index contributed by atoms with van der Waals surface area (Å²) in [6, 6.07) is 0. The minimum absolute atomic E-state index is 0.0310. The standard InChI is InChI=1S/C74H134NO8P/c1-6-8-10-12-14-16-18-20-22-24-26-27-28-29-30-31-32-33-34-35-36-37-38-39-40-41-42-43-44-45-46-47-49-51-53-55-57-59-61-63-65-67-74(77)83-72(71-82-84(78,79)81-69-68-75(3,4)5)70-80-73(76)66-64-62-60-58-56-54-52-50-48-25-23-21-19-17-15-13-11-9-7-2/h8,10,14-17,20-23,26-27,29-30,72H,6-7,9,11-13,18-19,24-25,28,31-71H2,1-5H3/p+1/b10-8-,16-14-,17-15-,22-20-,23-21-,27-26-,30-29-. The van der Waals surface area contributed by atoms with Crippen LogP contribution < -0.4 is 0 Å². The summed E-state index contributed by atoms with van der Waals surface area (Å²) in [4.78, 5) is 35.8. The maximum atomic E-state index is 12.9. The summed E-state index contributed by atoms with van der Waals surface area (Å²) in [6.07, 6.45) is 88.4. The zero-order valence-electron chi connectivity index (χ0n) is 55.6. The van der Waals surface area contributed by atoms with Crippen LogP contribution in [-0.4, -0.2) is 74.9 Å². The Hall–Kier alpha value is -2.81. The number of hydrogen-bond acceptors (Lipinski definition) is 7. The molecule has 0 amide bonds. The molecule has 488 valence electrons. The van der Waals surface area contributed by atoms with Crippen molar-refractivity contribution < 1.29 is 42.1 Å². The Bertz CT molecular complexity index is 1690. The summed E-state index contributed by atoms with van der Waals surface area (Å²) in [5.41, 5.74) is 0. The molecule has 0 aromatic rings. The zero-order valence-corrected chi connectivity index (χ0v) is 56.5. The van der Waals surface area contributed by atoms with Gasteiger partial charge >= 0.3 is 19.8 Å². The fourth-order valence-electron chi connectivity index (χ4n) is 10.0. The number of allylic oxidation sites excluding steroid dienone is 14. The van der Waals surface area contributed by atoms with E-state index in [9.17, 15) is 19.0 Å². The van der Waals surface area contributed by atoms with Crippen LogP contribution >= 0.6 is 7.82 Å². The molecule has 0 aromatic heterocycles. The molecule has 2 unspecified atom stereocenters. The lowest BCUT2D eigenvalue weighted by Crippen LogP contribution is -2.37. The molecule has 0 radical (unpaired) electrons. The van der Waals surface area contributed by atoms with Crippen LogP contribution in [-0.2, 0) is 32.7 Å². The average Bonchev–Trinajstić information content (AvgIpc) is 3.61. The Balaban J connectivity index is 3.91. The number of rotatable bonds is 65. The molecule has 84 heavy (non-hydrogen) atoms. The van der Waals surface area contributed by atoms with Gasteiger partial charge in [0, 0.05) is 12.8 Å². The second-order valence-electron chi connectivity index (χ2n) is 24.9. The first-order chi connectivity index (χ1) is 41.0. The molecule has 0 fully saturated rings. The van der Waals surface area contributed by atoms with E-state index in [4.69, 9.17) is 18.5 Å². The molecule has 2 atom stereocenters. The lowest BCUT2D eigenvalue weighted by Gasteiger charge is -2.24. The predicted molar refractivity (Wildman–Crippen MR) is 362 cm³/mol. The van der Waals surface area contributed by atoms with E-state index in [0.29, 0.717) is 17.4 Å². The van der Waals surface area contributed by atoms with E-state index in [1.807, 2.05) is 21.1 Å². The number of nitrogens with zero attached hydrogens (tertiary/aromatic N) is 1. The Morgan fingerprint density at radius 1 is 0.381 bits per heavy atom. The average molecular weight is 1200 g/mol. The van der Waals surface area contributed by atoms with Crippen LogP contribution in [0.25, 0.3) is 0 Å². The minimum Gasteiger partial charge on any atom is -0.462 e. The Kier molecular flexibility index (Phi) is 62.5. The number of ether oxygens (including phenoxy) is 2. The van der Waals surface area contributed by atoms with Gasteiger partial charge in [0.2, 0.25) is 0 Å². The number of carbonyl (C=O) groups is 2. The first-order valence-electron chi connectivity index (χ1n) is 35.3. The largest absolute Gasteiger partial charge is 0.472 e. The number of unbranched alkanes of at least 4 members (excludes halogenated alkanes) is 37. The third-order valence-corrected chi connectivity index (χ3v) is 16.4. The van der Waals surface area contributed by atoms with Crippen molar-refractivity contribution in [3.63, 3.8) is 0 Å². The molecule has 0 heterocycles. The van der Waals surface area contributed by atoms with Crippen LogP contribution in [0.4, 0.5) is 0 Å². The van der Waals surface area contributed by atoms with Crippen LogP contribution in [0.1, 0.15) is 322 Å². The van der Waals surface area contributed by atoms with Gasteiger partial charge in [-0.1, -0.05) is 304 Å². The smallest absolute Gasteiger partial charge is 0.462 e. The lowest BCUT2D eigenvalue weighted by molar-refractivity contribution is -0.870. The summed E-state index contributed by atoms with van der Waals surface area (Å²) in [5.74, 6) is -0.790. The van der Waals surface area contributed by atoms with Gasteiger partial charge in [0.05, 0.1) is 27.7 Å². The van der Waals surface area contributed by atoms with Gasteiger partial charge in [-0.3, -0.25) is 18.6 Å². The van der Waals surface area contributed by atoms with Crippen molar-refractivity contribution in [3.8, 4) is 0 Å². The molecule has 0 aliphatic heterocycles. The number of esters is 2. The van der Waals surface area contributed by atoms with E-state index in [1.165, 1.54) is 218 Å². The van der Waals surface area contributed by atoms with E-state index < -0.39 is 26.5 Å². The van der Waals surface area contributed by atoms with Crippen molar-refractivity contribution in [1.82, 2.24) is 0 Å². The fourth-order valence-corrected chi connectivity index (χ4v) is 10.8. The van der Waals surface area contributed by atoms with Gasteiger partial charge in [0.15, 0.2) is 6.10 Å². The maximum absolute atomic E-state index is 12.9. The summed E-state index contributed by atoms with van der Waals surface area (Å²) >= 11 is 0. The molecule has 0 spiro atoms. The van der Waals surface area contributed by atoms with Gasteiger partial charge in [-0.25, -0.2) is 4.57 Å². The number of likely N-dealkylation sites (N-methyl/N-ethyl adjacent to an activating group) is 1. The highest BCUT2D eigenvalue weighted by Crippen LogP contribution is 2.43. The molecule has 0 aliphatic rings. The van der Waals surface area contributed by atoms with Gasteiger partial charge in [0.25, 0.3) is 0 Å². The number of hydrogen-bond donors (Lipinski definition) is 1. The molecule has 10 heteroatoms. The van der Waals surface area contributed by atoms with Crippen LogP contribution in [0.3, 0.4) is 0 Å². The molecule has 0 rings (SSSR count). The van der Waals surface area contributed by atoms with Crippen molar-refractivity contribution >= 4 is 19.8 Å². The highest BCUT2D eigenvalue weighted by Gasteiger charge is 2.27. The molecule has 9 nitrogen and oxygen atoms in total. The Morgan fingerprint density at radius 2 is 0.679 bits per heavy atom. The predicted octanol–water partition coefficient (Wildman–Crippen LogP) is 22.9. The molecule has 1 N–H and O–H groups in total.